The molecule has 9 heteroatoms. The molecule has 2 unspecified atom stereocenters. The van der Waals surface area contributed by atoms with E-state index in [2.05, 4.69) is 27.8 Å². The molecule has 2 heterocycles. The number of hydrogen-bond donors (Lipinski definition) is 2. The van der Waals surface area contributed by atoms with Crippen LogP contribution in [0.25, 0.3) is 10.6 Å². The van der Waals surface area contributed by atoms with Gasteiger partial charge in [-0.05, 0) is 36.6 Å². The molecule has 0 spiro atoms. The fraction of sp³-hybridized carbons (Fsp3) is 0.385. The fourth-order valence-corrected chi connectivity index (χ4v) is 4.68. The minimum Gasteiger partial charge on any atom is -0.454 e. The van der Waals surface area contributed by atoms with Crippen molar-refractivity contribution in [2.45, 2.75) is 52.0 Å². The van der Waals surface area contributed by atoms with Crippen molar-refractivity contribution in [1.29, 1.82) is 0 Å². The average molecular weight is 495 g/mol. The summed E-state index contributed by atoms with van der Waals surface area (Å²) in [6.45, 7) is 4.31. The summed E-state index contributed by atoms with van der Waals surface area (Å²) in [5.41, 5.74) is 1.79. The highest BCUT2D eigenvalue weighted by molar-refractivity contribution is 7.18. The zero-order chi connectivity index (χ0) is 24.6. The molecule has 1 aliphatic heterocycles. The number of unbranched alkanes of at least 4 members (excludes halogenated alkanes) is 1. The molecule has 0 saturated heterocycles. The fourth-order valence-electron chi connectivity index (χ4n) is 3.93. The van der Waals surface area contributed by atoms with E-state index >= 15 is 0 Å². The van der Waals surface area contributed by atoms with Gasteiger partial charge in [0.25, 0.3) is 0 Å². The van der Waals surface area contributed by atoms with Crippen LogP contribution < -0.4 is 20.1 Å². The minimum atomic E-state index is -0.724. The third-order valence-electron chi connectivity index (χ3n) is 5.96. The molecule has 2 N–H and O–H groups in total. The van der Waals surface area contributed by atoms with Crippen LogP contribution in [0.3, 0.4) is 0 Å². The molecule has 0 bridgehead atoms. The Balaban J connectivity index is 1.47. The van der Waals surface area contributed by atoms with Crippen LogP contribution in [0.2, 0.25) is 0 Å². The molecule has 2 amide bonds. The average Bonchev–Trinajstić information content (AvgIpc) is 3.54. The van der Waals surface area contributed by atoms with Crippen molar-refractivity contribution in [2.24, 2.45) is 5.92 Å². The van der Waals surface area contributed by atoms with Gasteiger partial charge in [-0.1, -0.05) is 68.4 Å². The van der Waals surface area contributed by atoms with Gasteiger partial charge in [0.05, 0.1) is 0 Å². The lowest BCUT2D eigenvalue weighted by Crippen LogP contribution is -2.47. The van der Waals surface area contributed by atoms with Crippen molar-refractivity contribution in [1.82, 2.24) is 15.5 Å². The van der Waals surface area contributed by atoms with E-state index in [0.717, 1.165) is 36.8 Å². The summed E-state index contributed by atoms with van der Waals surface area (Å²) in [5.74, 6) is 0.828. The van der Waals surface area contributed by atoms with Crippen molar-refractivity contribution >= 4 is 28.3 Å². The van der Waals surface area contributed by atoms with Crippen LogP contribution in [0.4, 0.5) is 5.13 Å². The Bertz CT molecular complexity index is 1150. The van der Waals surface area contributed by atoms with Crippen LogP contribution in [0.1, 0.15) is 45.1 Å². The SMILES string of the molecule is CCCCC(CC)C(=O)NC(Cc1ccccc1)C(=O)Nc1nnc(-c2ccc3c(c2)OCO3)s1. The number of ether oxygens (including phenoxy) is 2. The van der Waals surface area contributed by atoms with E-state index in [4.69, 9.17) is 9.47 Å². The lowest BCUT2D eigenvalue weighted by molar-refractivity contribution is -0.129. The zero-order valence-electron chi connectivity index (χ0n) is 20.0. The quantitative estimate of drug-likeness (QED) is 0.396. The highest BCUT2D eigenvalue weighted by Gasteiger charge is 2.26. The van der Waals surface area contributed by atoms with Gasteiger partial charge in [0.15, 0.2) is 11.5 Å². The lowest BCUT2D eigenvalue weighted by Gasteiger charge is -2.21. The minimum absolute atomic E-state index is 0.0876. The number of nitrogens with one attached hydrogen (secondary N) is 2. The Hall–Kier alpha value is -3.46. The predicted octanol–water partition coefficient (Wildman–Crippen LogP) is 4.82. The molecule has 0 aliphatic carbocycles. The second kappa shape index (κ2) is 11.8. The van der Waals surface area contributed by atoms with E-state index < -0.39 is 6.04 Å². The van der Waals surface area contributed by atoms with Crippen molar-refractivity contribution in [2.75, 3.05) is 12.1 Å². The van der Waals surface area contributed by atoms with Crippen LogP contribution in [0.15, 0.2) is 48.5 Å². The summed E-state index contributed by atoms with van der Waals surface area (Å²) in [5, 5.41) is 15.2. The molecule has 8 nitrogen and oxygen atoms in total. The Kier molecular flexibility index (Phi) is 8.31. The van der Waals surface area contributed by atoms with Gasteiger partial charge in [-0.2, -0.15) is 0 Å². The summed E-state index contributed by atoms with van der Waals surface area (Å²) in [6, 6.07) is 14.5. The Morgan fingerprint density at radius 2 is 1.83 bits per heavy atom. The van der Waals surface area contributed by atoms with Gasteiger partial charge < -0.3 is 14.8 Å². The van der Waals surface area contributed by atoms with E-state index in [0.29, 0.717) is 28.1 Å². The second-order valence-electron chi connectivity index (χ2n) is 8.47. The summed E-state index contributed by atoms with van der Waals surface area (Å²) >= 11 is 1.26. The van der Waals surface area contributed by atoms with Crippen LogP contribution in [-0.2, 0) is 16.0 Å². The summed E-state index contributed by atoms with van der Waals surface area (Å²) in [6.07, 6.45) is 3.94. The maximum absolute atomic E-state index is 13.3. The first-order chi connectivity index (χ1) is 17.1. The molecular formula is C26H30N4O4S. The largest absolute Gasteiger partial charge is 0.454 e. The van der Waals surface area contributed by atoms with E-state index in [1.165, 1.54) is 11.3 Å². The molecule has 3 aromatic rings. The van der Waals surface area contributed by atoms with Crippen LogP contribution >= 0.6 is 11.3 Å². The van der Waals surface area contributed by atoms with Gasteiger partial charge in [0, 0.05) is 17.9 Å². The first kappa shape index (κ1) is 24.7. The molecule has 0 saturated carbocycles. The third-order valence-corrected chi connectivity index (χ3v) is 6.85. The molecule has 2 atom stereocenters. The lowest BCUT2D eigenvalue weighted by atomic mass is 9.97. The smallest absolute Gasteiger partial charge is 0.249 e. The topological polar surface area (TPSA) is 102 Å². The van der Waals surface area contributed by atoms with E-state index in [9.17, 15) is 9.59 Å². The molecular weight excluding hydrogens is 464 g/mol. The molecule has 1 aliphatic rings. The van der Waals surface area contributed by atoms with Gasteiger partial charge in [-0.3, -0.25) is 14.9 Å². The Labute approximate surface area is 209 Å². The first-order valence-electron chi connectivity index (χ1n) is 12.0. The third kappa shape index (κ3) is 6.36. The molecule has 35 heavy (non-hydrogen) atoms. The molecule has 2 aromatic carbocycles. The number of carbonyl (C=O) groups excluding carboxylic acids is 2. The normalized spacial score (nSPS) is 13.8. The summed E-state index contributed by atoms with van der Waals surface area (Å²) in [4.78, 5) is 26.2. The van der Waals surface area contributed by atoms with Crippen molar-refractivity contribution in [3.63, 3.8) is 0 Å². The summed E-state index contributed by atoms with van der Waals surface area (Å²) in [7, 11) is 0. The molecule has 4 rings (SSSR count). The van der Waals surface area contributed by atoms with Crippen LogP contribution in [-0.4, -0.2) is 34.8 Å². The first-order valence-corrected chi connectivity index (χ1v) is 12.8. The van der Waals surface area contributed by atoms with E-state index in [-0.39, 0.29) is 24.5 Å². The number of anilines is 1. The number of rotatable bonds is 11. The molecule has 184 valence electrons. The van der Waals surface area contributed by atoms with Gasteiger partial charge in [-0.25, -0.2) is 0 Å². The van der Waals surface area contributed by atoms with Crippen molar-refractivity contribution in [3.8, 4) is 22.1 Å². The number of nitrogens with zero attached hydrogens (tertiary/aromatic N) is 2. The Morgan fingerprint density at radius 3 is 2.60 bits per heavy atom. The highest BCUT2D eigenvalue weighted by atomic mass is 32.1. The maximum Gasteiger partial charge on any atom is 0.249 e. The zero-order valence-corrected chi connectivity index (χ0v) is 20.8. The van der Waals surface area contributed by atoms with Gasteiger partial charge in [-0.15, -0.1) is 10.2 Å². The highest BCUT2D eigenvalue weighted by Crippen LogP contribution is 2.37. The van der Waals surface area contributed by atoms with Crippen LogP contribution in [0, 0.1) is 5.92 Å². The van der Waals surface area contributed by atoms with Crippen LogP contribution in [0.5, 0.6) is 11.5 Å². The monoisotopic (exact) mass is 494 g/mol. The number of amides is 2. The molecule has 1 aromatic heterocycles. The molecule has 0 fully saturated rings. The number of aromatic nitrogens is 2. The number of hydrogen-bond acceptors (Lipinski definition) is 7. The van der Waals surface area contributed by atoms with Crippen molar-refractivity contribution < 1.29 is 19.1 Å². The standard InChI is InChI=1S/C26H30N4O4S/c1-3-5-11-18(4-2)23(31)27-20(14-17-9-7-6-8-10-17)24(32)28-26-30-29-25(35-26)19-12-13-21-22(15-19)34-16-33-21/h6-10,12-13,15,18,20H,3-5,11,14,16H2,1-2H3,(H,27,31)(H,28,30,32). The summed E-state index contributed by atoms with van der Waals surface area (Å²) < 4.78 is 10.8. The predicted molar refractivity (Wildman–Crippen MR) is 135 cm³/mol. The number of benzene rings is 2. The second-order valence-corrected chi connectivity index (χ2v) is 9.45. The van der Waals surface area contributed by atoms with Crippen molar-refractivity contribution in [3.05, 3.63) is 54.1 Å². The molecule has 0 radical (unpaired) electrons. The Morgan fingerprint density at radius 1 is 1.03 bits per heavy atom. The van der Waals surface area contributed by atoms with E-state index in [1.807, 2.05) is 55.5 Å². The van der Waals surface area contributed by atoms with Gasteiger partial charge >= 0.3 is 0 Å². The number of carbonyl (C=O) groups is 2. The van der Waals surface area contributed by atoms with E-state index in [1.54, 1.807) is 0 Å². The van der Waals surface area contributed by atoms with Gasteiger partial charge in [0.1, 0.15) is 11.0 Å². The van der Waals surface area contributed by atoms with Gasteiger partial charge in [0.2, 0.25) is 23.7 Å². The number of fused-ring (bicyclic) bond motifs is 1. The maximum atomic E-state index is 13.3.